The SMILES string of the molecule is CC(C)(C)c1cn2c(n1)CCNC2. The fourth-order valence-corrected chi connectivity index (χ4v) is 1.55. The van der Waals surface area contributed by atoms with Crippen molar-refractivity contribution < 1.29 is 0 Å². The smallest absolute Gasteiger partial charge is 0.111 e. The molecule has 3 nitrogen and oxygen atoms in total. The summed E-state index contributed by atoms with van der Waals surface area (Å²) in [5.74, 6) is 1.23. The van der Waals surface area contributed by atoms with E-state index in [1.54, 1.807) is 0 Å². The van der Waals surface area contributed by atoms with E-state index in [1.807, 2.05) is 0 Å². The van der Waals surface area contributed by atoms with Gasteiger partial charge in [0.15, 0.2) is 0 Å². The minimum absolute atomic E-state index is 0.171. The lowest BCUT2D eigenvalue weighted by molar-refractivity contribution is 0.487. The van der Waals surface area contributed by atoms with Crippen molar-refractivity contribution in [1.82, 2.24) is 14.9 Å². The number of hydrogen-bond donors (Lipinski definition) is 1. The van der Waals surface area contributed by atoms with Gasteiger partial charge in [0.2, 0.25) is 0 Å². The first kappa shape index (κ1) is 8.75. The van der Waals surface area contributed by atoms with Crippen molar-refractivity contribution in [2.45, 2.75) is 39.3 Å². The standard InChI is InChI=1S/C10H17N3/c1-10(2,3)8-6-13-7-11-5-4-9(13)12-8/h6,11H,4-5,7H2,1-3H3. The van der Waals surface area contributed by atoms with Gasteiger partial charge < -0.3 is 4.57 Å². The van der Waals surface area contributed by atoms with Crippen LogP contribution in [0.1, 0.15) is 32.3 Å². The van der Waals surface area contributed by atoms with Crippen LogP contribution in [-0.4, -0.2) is 16.1 Å². The Morgan fingerprint density at radius 2 is 2.23 bits per heavy atom. The third kappa shape index (κ3) is 1.61. The summed E-state index contributed by atoms with van der Waals surface area (Å²) in [4.78, 5) is 4.64. The molecule has 1 N–H and O–H groups in total. The van der Waals surface area contributed by atoms with Crippen LogP contribution in [-0.2, 0) is 18.5 Å². The minimum atomic E-state index is 0.171. The van der Waals surface area contributed by atoms with E-state index in [0.717, 1.165) is 19.6 Å². The molecule has 0 amide bonds. The summed E-state index contributed by atoms with van der Waals surface area (Å²) in [6.45, 7) is 8.58. The molecule has 0 fully saturated rings. The summed E-state index contributed by atoms with van der Waals surface area (Å²) in [5, 5.41) is 3.33. The summed E-state index contributed by atoms with van der Waals surface area (Å²) >= 11 is 0. The van der Waals surface area contributed by atoms with E-state index in [2.05, 4.69) is 41.8 Å². The molecule has 72 valence electrons. The Kier molecular flexibility index (Phi) is 1.91. The molecule has 0 aromatic carbocycles. The highest BCUT2D eigenvalue weighted by Gasteiger charge is 2.20. The van der Waals surface area contributed by atoms with Crippen LogP contribution in [0.15, 0.2) is 6.20 Å². The van der Waals surface area contributed by atoms with E-state index < -0.39 is 0 Å². The molecular weight excluding hydrogens is 162 g/mol. The van der Waals surface area contributed by atoms with Crippen molar-refractivity contribution in [2.24, 2.45) is 0 Å². The zero-order valence-corrected chi connectivity index (χ0v) is 8.59. The highest BCUT2D eigenvalue weighted by Crippen LogP contribution is 2.21. The zero-order valence-electron chi connectivity index (χ0n) is 8.59. The van der Waals surface area contributed by atoms with E-state index in [1.165, 1.54) is 11.5 Å². The van der Waals surface area contributed by atoms with E-state index in [0.29, 0.717) is 0 Å². The predicted molar refractivity (Wildman–Crippen MR) is 52.6 cm³/mol. The molecule has 0 unspecified atom stereocenters. The van der Waals surface area contributed by atoms with Gasteiger partial charge in [-0.2, -0.15) is 0 Å². The van der Waals surface area contributed by atoms with Crippen LogP contribution in [0.2, 0.25) is 0 Å². The van der Waals surface area contributed by atoms with Gasteiger partial charge in [-0.1, -0.05) is 20.8 Å². The van der Waals surface area contributed by atoms with Crippen molar-refractivity contribution in [1.29, 1.82) is 0 Å². The third-order valence-corrected chi connectivity index (χ3v) is 2.44. The zero-order chi connectivity index (χ0) is 9.47. The Bertz CT molecular complexity index is 283. The minimum Gasteiger partial charge on any atom is -0.321 e. The largest absolute Gasteiger partial charge is 0.321 e. The number of fused-ring (bicyclic) bond motifs is 1. The number of nitrogens with one attached hydrogen (secondary N) is 1. The molecule has 0 spiro atoms. The van der Waals surface area contributed by atoms with Crippen LogP contribution in [0.4, 0.5) is 0 Å². The Morgan fingerprint density at radius 3 is 2.85 bits per heavy atom. The first-order valence-electron chi connectivity index (χ1n) is 4.84. The van der Waals surface area contributed by atoms with Gasteiger partial charge in [-0.25, -0.2) is 4.98 Å². The van der Waals surface area contributed by atoms with Crippen molar-refractivity contribution in [3.8, 4) is 0 Å². The fraction of sp³-hybridized carbons (Fsp3) is 0.700. The molecule has 0 saturated carbocycles. The average Bonchev–Trinajstić information content (AvgIpc) is 2.45. The second-order valence-electron chi connectivity index (χ2n) is 4.67. The number of hydrogen-bond acceptors (Lipinski definition) is 2. The molecule has 1 aliphatic rings. The molecule has 0 aliphatic carbocycles. The molecule has 1 aromatic rings. The van der Waals surface area contributed by atoms with Gasteiger partial charge in [-0.15, -0.1) is 0 Å². The van der Waals surface area contributed by atoms with E-state index in [-0.39, 0.29) is 5.41 Å². The number of aromatic nitrogens is 2. The second kappa shape index (κ2) is 2.84. The fourth-order valence-electron chi connectivity index (χ4n) is 1.55. The van der Waals surface area contributed by atoms with E-state index in [4.69, 9.17) is 0 Å². The number of rotatable bonds is 0. The van der Waals surface area contributed by atoms with Crippen LogP contribution < -0.4 is 5.32 Å². The summed E-state index contributed by atoms with van der Waals surface area (Å²) in [6, 6.07) is 0. The molecule has 13 heavy (non-hydrogen) atoms. The van der Waals surface area contributed by atoms with E-state index in [9.17, 15) is 0 Å². The second-order valence-corrected chi connectivity index (χ2v) is 4.67. The molecule has 1 aliphatic heterocycles. The van der Waals surface area contributed by atoms with Crippen molar-refractivity contribution >= 4 is 0 Å². The van der Waals surface area contributed by atoms with Gasteiger partial charge >= 0.3 is 0 Å². The molecule has 0 atom stereocenters. The Balaban J connectivity index is 2.36. The van der Waals surface area contributed by atoms with Gasteiger partial charge in [0.05, 0.1) is 12.4 Å². The van der Waals surface area contributed by atoms with E-state index >= 15 is 0 Å². The molecule has 1 aromatic heterocycles. The molecule has 0 radical (unpaired) electrons. The van der Waals surface area contributed by atoms with Crippen molar-refractivity contribution in [3.63, 3.8) is 0 Å². The highest BCUT2D eigenvalue weighted by molar-refractivity contribution is 5.14. The third-order valence-electron chi connectivity index (χ3n) is 2.44. The Morgan fingerprint density at radius 1 is 1.46 bits per heavy atom. The molecule has 2 rings (SSSR count). The number of imidazole rings is 1. The predicted octanol–water partition coefficient (Wildman–Crippen LogP) is 1.28. The normalized spacial score (nSPS) is 17.2. The Hall–Kier alpha value is -0.830. The van der Waals surface area contributed by atoms with Gasteiger partial charge in [-0.3, -0.25) is 5.32 Å². The van der Waals surface area contributed by atoms with Crippen molar-refractivity contribution in [3.05, 3.63) is 17.7 Å². The van der Waals surface area contributed by atoms with Crippen molar-refractivity contribution in [2.75, 3.05) is 6.54 Å². The number of nitrogens with zero attached hydrogens (tertiary/aromatic N) is 2. The summed E-state index contributed by atoms with van der Waals surface area (Å²) in [7, 11) is 0. The van der Waals surface area contributed by atoms with Gasteiger partial charge in [0.1, 0.15) is 5.82 Å². The molecule has 0 saturated heterocycles. The van der Waals surface area contributed by atoms with Crippen LogP contribution in [0, 0.1) is 0 Å². The molecular formula is C10H17N3. The molecule has 3 heteroatoms. The maximum atomic E-state index is 4.64. The average molecular weight is 179 g/mol. The lowest BCUT2D eigenvalue weighted by Gasteiger charge is -2.14. The van der Waals surface area contributed by atoms with Crippen LogP contribution in [0.5, 0.6) is 0 Å². The summed E-state index contributed by atoms with van der Waals surface area (Å²) in [6.07, 6.45) is 3.22. The molecule has 0 bridgehead atoms. The lowest BCUT2D eigenvalue weighted by atomic mass is 9.93. The lowest BCUT2D eigenvalue weighted by Crippen LogP contribution is -2.28. The topological polar surface area (TPSA) is 29.9 Å². The van der Waals surface area contributed by atoms with Crippen LogP contribution in [0.25, 0.3) is 0 Å². The van der Waals surface area contributed by atoms with Gasteiger partial charge in [-0.05, 0) is 0 Å². The Labute approximate surface area is 79.2 Å². The van der Waals surface area contributed by atoms with Gasteiger partial charge in [0, 0.05) is 24.6 Å². The maximum Gasteiger partial charge on any atom is 0.111 e. The van der Waals surface area contributed by atoms with Crippen LogP contribution >= 0.6 is 0 Å². The summed E-state index contributed by atoms with van der Waals surface area (Å²) in [5.41, 5.74) is 1.37. The summed E-state index contributed by atoms with van der Waals surface area (Å²) < 4.78 is 2.21. The maximum absolute atomic E-state index is 4.64. The van der Waals surface area contributed by atoms with Crippen LogP contribution in [0.3, 0.4) is 0 Å². The molecule has 2 heterocycles. The first-order chi connectivity index (χ1) is 6.07. The monoisotopic (exact) mass is 179 g/mol. The highest BCUT2D eigenvalue weighted by atomic mass is 15.2. The van der Waals surface area contributed by atoms with Gasteiger partial charge in [0.25, 0.3) is 0 Å². The first-order valence-corrected chi connectivity index (χ1v) is 4.84. The quantitative estimate of drug-likeness (QED) is 0.650.